The van der Waals surface area contributed by atoms with Gasteiger partial charge in [0.05, 0.1) is 12.6 Å². The Hall–Kier alpha value is -1.24. The molecule has 76 valence electrons. The summed E-state index contributed by atoms with van der Waals surface area (Å²) >= 11 is 0. The molecule has 4 nitrogen and oxygen atoms in total. The van der Waals surface area contributed by atoms with Crippen molar-refractivity contribution in [2.45, 2.75) is 32.2 Å². The number of isocyanates is 2. The van der Waals surface area contributed by atoms with Crippen LogP contribution in [0.5, 0.6) is 0 Å². The first-order valence-corrected chi connectivity index (χ1v) is 4.88. The molecule has 1 saturated carbocycles. The minimum Gasteiger partial charge on any atom is -0.211 e. The van der Waals surface area contributed by atoms with E-state index in [-0.39, 0.29) is 12.0 Å². The number of carbonyl (C=O) groups excluding carboxylic acids is 2. The average molecular weight is 194 g/mol. The zero-order valence-electron chi connectivity index (χ0n) is 8.27. The van der Waals surface area contributed by atoms with Gasteiger partial charge in [0.15, 0.2) is 0 Å². The number of hydrogen-bond donors (Lipinski definition) is 0. The molecule has 0 radical (unpaired) electrons. The first-order valence-electron chi connectivity index (χ1n) is 4.88. The van der Waals surface area contributed by atoms with Crippen LogP contribution in [-0.2, 0) is 9.59 Å². The SMILES string of the molecule is CC1CCC(N=C=O)C(CN=C=O)C1. The fourth-order valence-electron chi connectivity index (χ4n) is 2.07. The summed E-state index contributed by atoms with van der Waals surface area (Å²) in [6.45, 7) is 2.60. The van der Waals surface area contributed by atoms with Gasteiger partial charge in [-0.15, -0.1) is 0 Å². The molecule has 1 aliphatic carbocycles. The third-order valence-electron chi connectivity index (χ3n) is 2.81. The van der Waals surface area contributed by atoms with E-state index in [4.69, 9.17) is 0 Å². The Kier molecular flexibility index (Phi) is 4.24. The Morgan fingerprint density at radius 1 is 1.29 bits per heavy atom. The number of nitrogens with zero attached hydrogens (tertiary/aromatic N) is 2. The Morgan fingerprint density at radius 3 is 2.71 bits per heavy atom. The lowest BCUT2D eigenvalue weighted by Crippen LogP contribution is -2.29. The summed E-state index contributed by atoms with van der Waals surface area (Å²) in [5.74, 6) is 0.835. The minimum absolute atomic E-state index is 0.000741. The molecule has 0 spiro atoms. The lowest BCUT2D eigenvalue weighted by Gasteiger charge is -2.30. The van der Waals surface area contributed by atoms with Crippen molar-refractivity contribution in [1.29, 1.82) is 0 Å². The molecular formula is C10H14N2O2. The lowest BCUT2D eigenvalue weighted by atomic mass is 9.79. The molecule has 14 heavy (non-hydrogen) atoms. The molecule has 0 aliphatic heterocycles. The van der Waals surface area contributed by atoms with Crippen molar-refractivity contribution in [3.8, 4) is 0 Å². The van der Waals surface area contributed by atoms with Crippen LogP contribution in [-0.4, -0.2) is 24.7 Å². The molecule has 0 heterocycles. The molecule has 4 heteroatoms. The summed E-state index contributed by atoms with van der Waals surface area (Å²) in [7, 11) is 0. The van der Waals surface area contributed by atoms with E-state index in [1.54, 1.807) is 6.08 Å². The van der Waals surface area contributed by atoms with Crippen molar-refractivity contribution >= 4 is 12.2 Å². The van der Waals surface area contributed by atoms with Crippen LogP contribution < -0.4 is 0 Å². The van der Waals surface area contributed by atoms with Gasteiger partial charge in [0.2, 0.25) is 12.2 Å². The molecule has 1 rings (SSSR count). The Bertz CT molecular complexity index is 278. The van der Waals surface area contributed by atoms with Gasteiger partial charge in [0.1, 0.15) is 0 Å². The summed E-state index contributed by atoms with van der Waals surface area (Å²) in [5.41, 5.74) is 0. The van der Waals surface area contributed by atoms with Crippen LogP contribution >= 0.6 is 0 Å². The molecule has 1 aliphatic rings. The van der Waals surface area contributed by atoms with Crippen molar-refractivity contribution in [3.05, 3.63) is 0 Å². The fourth-order valence-corrected chi connectivity index (χ4v) is 2.07. The van der Waals surface area contributed by atoms with E-state index in [9.17, 15) is 9.59 Å². The van der Waals surface area contributed by atoms with Gasteiger partial charge >= 0.3 is 0 Å². The molecule has 1 fully saturated rings. The van der Waals surface area contributed by atoms with E-state index in [1.807, 2.05) is 0 Å². The smallest absolute Gasteiger partial charge is 0.211 e. The van der Waals surface area contributed by atoms with Gasteiger partial charge in [-0.25, -0.2) is 19.6 Å². The van der Waals surface area contributed by atoms with Crippen LogP contribution in [0.2, 0.25) is 0 Å². The van der Waals surface area contributed by atoms with Crippen LogP contribution in [0.25, 0.3) is 0 Å². The Labute approximate surface area is 83.1 Å². The first kappa shape index (κ1) is 10.8. The summed E-state index contributed by atoms with van der Waals surface area (Å²) in [6, 6.07) is 0.000741. The van der Waals surface area contributed by atoms with Gasteiger partial charge in [-0.2, -0.15) is 0 Å². The standard InChI is InChI=1S/C10H14N2O2/c1-8-2-3-10(12-7-14)9(4-8)5-11-6-13/h8-10H,2-5H2,1H3. The second-order valence-electron chi connectivity index (χ2n) is 3.90. The lowest BCUT2D eigenvalue weighted by molar-refractivity contribution is 0.253. The van der Waals surface area contributed by atoms with Crippen LogP contribution in [0, 0.1) is 11.8 Å². The summed E-state index contributed by atoms with van der Waals surface area (Å²) in [5, 5.41) is 0. The topological polar surface area (TPSA) is 58.9 Å². The van der Waals surface area contributed by atoms with Gasteiger partial charge in [-0.3, -0.25) is 0 Å². The van der Waals surface area contributed by atoms with E-state index in [2.05, 4.69) is 16.9 Å². The molecule has 0 aromatic carbocycles. The van der Waals surface area contributed by atoms with Crippen molar-refractivity contribution in [2.75, 3.05) is 6.54 Å². The molecule has 0 amide bonds. The molecule has 0 N–H and O–H groups in total. The molecule has 3 atom stereocenters. The van der Waals surface area contributed by atoms with Gasteiger partial charge in [0, 0.05) is 5.92 Å². The van der Waals surface area contributed by atoms with Crippen LogP contribution in [0.4, 0.5) is 0 Å². The van der Waals surface area contributed by atoms with Crippen LogP contribution in [0.1, 0.15) is 26.2 Å². The third-order valence-corrected chi connectivity index (χ3v) is 2.81. The van der Waals surface area contributed by atoms with E-state index in [0.717, 1.165) is 19.3 Å². The summed E-state index contributed by atoms with van der Waals surface area (Å²) in [6.07, 6.45) is 6.07. The van der Waals surface area contributed by atoms with Gasteiger partial charge in [-0.1, -0.05) is 6.92 Å². The van der Waals surface area contributed by atoms with Crippen molar-refractivity contribution in [3.63, 3.8) is 0 Å². The highest BCUT2D eigenvalue weighted by atomic mass is 16.1. The van der Waals surface area contributed by atoms with Crippen molar-refractivity contribution < 1.29 is 9.59 Å². The highest BCUT2D eigenvalue weighted by Crippen LogP contribution is 2.30. The molecular weight excluding hydrogens is 180 g/mol. The monoisotopic (exact) mass is 194 g/mol. The van der Waals surface area contributed by atoms with Crippen LogP contribution in [0.15, 0.2) is 9.98 Å². The second-order valence-corrected chi connectivity index (χ2v) is 3.90. The molecule has 0 aromatic rings. The molecule has 0 saturated heterocycles. The largest absolute Gasteiger partial charge is 0.235 e. The number of aliphatic imine (C=N–C) groups is 2. The fraction of sp³-hybridized carbons (Fsp3) is 0.800. The highest BCUT2D eigenvalue weighted by molar-refractivity contribution is 5.34. The molecule has 3 unspecified atom stereocenters. The van der Waals surface area contributed by atoms with E-state index < -0.39 is 0 Å². The highest BCUT2D eigenvalue weighted by Gasteiger charge is 2.28. The number of hydrogen-bond acceptors (Lipinski definition) is 4. The third kappa shape index (κ3) is 2.91. The van der Waals surface area contributed by atoms with Crippen molar-refractivity contribution in [1.82, 2.24) is 0 Å². The van der Waals surface area contributed by atoms with Gasteiger partial charge < -0.3 is 0 Å². The first-order chi connectivity index (χ1) is 6.77. The zero-order chi connectivity index (χ0) is 10.4. The van der Waals surface area contributed by atoms with Crippen molar-refractivity contribution in [2.24, 2.45) is 21.8 Å². The maximum absolute atomic E-state index is 10.2. The predicted molar refractivity (Wildman–Crippen MR) is 51.4 cm³/mol. The second kappa shape index (κ2) is 5.48. The average Bonchev–Trinajstić information content (AvgIpc) is 2.18. The Morgan fingerprint density at radius 2 is 2.07 bits per heavy atom. The predicted octanol–water partition coefficient (Wildman–Crippen LogP) is 1.46. The summed E-state index contributed by atoms with van der Waals surface area (Å²) in [4.78, 5) is 27.5. The van der Waals surface area contributed by atoms with E-state index in [1.165, 1.54) is 6.08 Å². The van der Waals surface area contributed by atoms with Gasteiger partial charge in [-0.05, 0) is 25.2 Å². The maximum atomic E-state index is 10.2. The van der Waals surface area contributed by atoms with E-state index in [0.29, 0.717) is 12.5 Å². The zero-order valence-corrected chi connectivity index (χ0v) is 8.27. The molecule has 0 aromatic heterocycles. The minimum atomic E-state index is 0.000741. The van der Waals surface area contributed by atoms with E-state index >= 15 is 0 Å². The summed E-state index contributed by atoms with van der Waals surface area (Å²) < 4.78 is 0. The Balaban J connectivity index is 2.62. The number of rotatable bonds is 3. The van der Waals surface area contributed by atoms with Gasteiger partial charge in [0.25, 0.3) is 0 Å². The normalized spacial score (nSPS) is 31.4. The maximum Gasteiger partial charge on any atom is 0.235 e. The molecule has 0 bridgehead atoms. The van der Waals surface area contributed by atoms with Crippen LogP contribution in [0.3, 0.4) is 0 Å². The quantitative estimate of drug-likeness (QED) is 0.504.